The molecule has 11 nitrogen and oxygen atoms in total. The first-order valence-corrected chi connectivity index (χ1v) is 21.0. The van der Waals surface area contributed by atoms with E-state index < -0.39 is 12.1 Å². The van der Waals surface area contributed by atoms with Gasteiger partial charge in [-0.25, -0.2) is 14.8 Å². The molecule has 2 aliphatic heterocycles. The lowest BCUT2D eigenvalue weighted by atomic mass is 9.99. The molecule has 2 saturated carbocycles. The van der Waals surface area contributed by atoms with E-state index in [0.29, 0.717) is 23.4 Å². The summed E-state index contributed by atoms with van der Waals surface area (Å²) < 4.78 is 4.89. The van der Waals surface area contributed by atoms with Crippen LogP contribution in [-0.2, 0) is 14.3 Å². The van der Waals surface area contributed by atoms with Crippen molar-refractivity contribution in [3.63, 3.8) is 0 Å². The average Bonchev–Trinajstić information content (AvgIpc) is 3.95. The normalized spacial score (nSPS) is 23.6. The molecular weight excluding hydrogens is 751 g/mol. The second kappa shape index (κ2) is 14.2. The van der Waals surface area contributed by atoms with Gasteiger partial charge in [-0.3, -0.25) is 9.59 Å². The number of piperidine rings is 2. The maximum Gasteiger partial charge on any atom is 0.407 e. The number of benzene rings is 5. The van der Waals surface area contributed by atoms with Crippen molar-refractivity contribution in [1.82, 2.24) is 35.1 Å². The van der Waals surface area contributed by atoms with Crippen molar-refractivity contribution in [3.8, 4) is 22.3 Å². The van der Waals surface area contributed by atoms with E-state index in [4.69, 9.17) is 14.7 Å². The predicted molar refractivity (Wildman–Crippen MR) is 228 cm³/mol. The van der Waals surface area contributed by atoms with Crippen molar-refractivity contribution in [1.29, 1.82) is 0 Å². The first kappa shape index (κ1) is 36.3. The Labute approximate surface area is 347 Å². The van der Waals surface area contributed by atoms with Gasteiger partial charge in [-0.15, -0.1) is 0 Å². The summed E-state index contributed by atoms with van der Waals surface area (Å²) in [5.74, 6) is 2.41. The molecule has 0 radical (unpaired) electrons. The van der Waals surface area contributed by atoms with Crippen molar-refractivity contribution in [2.45, 2.75) is 68.7 Å². The molecular formula is C49H45N7O4. The SMILES string of the molecule is COC(=O)N[C@@H](C(=O)N1[C@@H]2C[C@@H]2C[C@H]1c1nc2cc(-c3ccc(-c4ccc5[nH]c([C@@H]6C[C@H]7C[C@H]7N6C(=O)[C@H](C)c6ccccc6)nc5c4)cc3)ccc2[nH]1)c1ccccc1. The number of aromatic nitrogens is 4. The van der Waals surface area contributed by atoms with Gasteiger partial charge in [0.1, 0.15) is 17.7 Å². The molecule has 4 fully saturated rings. The molecule has 2 aliphatic carbocycles. The number of H-pyrrole nitrogens is 2. The standard InChI is InChI=1S/C49H45N7O4/c1-27(28-9-5-3-6-10-28)47(57)55-40-23-34(40)25-42(55)45-50-36-19-17-32(21-38(36)52-45)29-13-15-30(16-14-29)33-18-20-37-39(22-33)53-46(51-37)43-26-35-24-41(35)56(43)48(58)44(54-49(59)60-2)31-11-7-4-8-12-31/h3-22,27,34-35,40-44H,23-26H2,1-2H3,(H,50,52)(H,51,53)(H,54,59)/t27-,34-,35-,40-,41-,42+,43+,44-/m1/s1. The van der Waals surface area contributed by atoms with Gasteiger partial charge < -0.3 is 29.8 Å². The van der Waals surface area contributed by atoms with Crippen LogP contribution >= 0.6 is 0 Å². The molecule has 4 heterocycles. The number of nitrogens with zero attached hydrogens (tertiary/aromatic N) is 4. The number of rotatable bonds is 9. The highest BCUT2D eigenvalue weighted by atomic mass is 16.5. The summed E-state index contributed by atoms with van der Waals surface area (Å²) >= 11 is 0. The minimum Gasteiger partial charge on any atom is -0.453 e. The number of carbonyl (C=O) groups is 3. The van der Waals surface area contributed by atoms with Crippen LogP contribution in [0.1, 0.15) is 79.4 Å². The highest BCUT2D eigenvalue weighted by molar-refractivity contribution is 5.89. The van der Waals surface area contributed by atoms with E-state index >= 15 is 0 Å². The lowest BCUT2D eigenvalue weighted by Gasteiger charge is -2.30. The number of nitrogens with one attached hydrogen (secondary N) is 3. The van der Waals surface area contributed by atoms with E-state index in [-0.39, 0.29) is 35.9 Å². The Morgan fingerprint density at radius 1 is 0.617 bits per heavy atom. The summed E-state index contributed by atoms with van der Waals surface area (Å²) in [4.78, 5) is 61.7. The van der Waals surface area contributed by atoms with Crippen molar-refractivity contribution in [3.05, 3.63) is 144 Å². The summed E-state index contributed by atoms with van der Waals surface area (Å²) in [7, 11) is 1.30. The highest BCUT2D eigenvalue weighted by Gasteiger charge is 2.57. The minimum atomic E-state index is -0.863. The molecule has 2 aromatic heterocycles. The number of ether oxygens (including phenoxy) is 1. The molecule has 3 N–H and O–H groups in total. The van der Waals surface area contributed by atoms with Crippen LogP contribution in [0.3, 0.4) is 0 Å². The monoisotopic (exact) mass is 795 g/mol. The molecule has 2 saturated heterocycles. The van der Waals surface area contributed by atoms with Crippen LogP contribution in [0.15, 0.2) is 121 Å². The molecule has 0 bridgehead atoms. The van der Waals surface area contributed by atoms with Gasteiger partial charge in [-0.2, -0.15) is 0 Å². The van der Waals surface area contributed by atoms with Crippen LogP contribution in [0.5, 0.6) is 0 Å². The van der Waals surface area contributed by atoms with Crippen molar-refractivity contribution < 1.29 is 19.1 Å². The number of alkyl carbamates (subject to hydrolysis) is 1. The molecule has 0 unspecified atom stereocenters. The van der Waals surface area contributed by atoms with Crippen molar-refractivity contribution in [2.75, 3.05) is 7.11 Å². The first-order chi connectivity index (χ1) is 29.3. The van der Waals surface area contributed by atoms with Gasteiger partial charge in [0.15, 0.2) is 0 Å². The number of amides is 3. The zero-order chi connectivity index (χ0) is 40.6. The topological polar surface area (TPSA) is 136 Å². The number of likely N-dealkylation sites (tertiary alicyclic amines) is 2. The van der Waals surface area contributed by atoms with Gasteiger partial charge in [-0.1, -0.05) is 97.1 Å². The quantitative estimate of drug-likeness (QED) is 0.134. The number of hydrogen-bond acceptors (Lipinski definition) is 6. The molecule has 11 heteroatoms. The van der Waals surface area contributed by atoms with Crippen LogP contribution in [0.25, 0.3) is 44.3 Å². The summed E-state index contributed by atoms with van der Waals surface area (Å²) in [5, 5.41) is 2.77. The largest absolute Gasteiger partial charge is 0.453 e. The van der Waals surface area contributed by atoms with Crippen molar-refractivity contribution >= 4 is 40.0 Å². The number of methoxy groups -OCH3 is 1. The third kappa shape index (κ3) is 6.31. The van der Waals surface area contributed by atoms with E-state index in [1.165, 1.54) is 7.11 Å². The predicted octanol–water partition coefficient (Wildman–Crippen LogP) is 9.00. The Bertz CT molecular complexity index is 2780. The van der Waals surface area contributed by atoms with E-state index in [1.807, 2.05) is 72.5 Å². The van der Waals surface area contributed by atoms with Gasteiger partial charge in [0.25, 0.3) is 5.91 Å². The van der Waals surface area contributed by atoms with Crippen LogP contribution in [-0.4, -0.2) is 66.8 Å². The fraction of sp³-hybridized carbons (Fsp3) is 0.286. The fourth-order valence-corrected chi connectivity index (χ4v) is 9.98. The number of aromatic amines is 2. The third-order valence-corrected chi connectivity index (χ3v) is 13.4. The summed E-state index contributed by atoms with van der Waals surface area (Å²) in [6, 6.07) is 39.8. The third-order valence-electron chi connectivity index (χ3n) is 13.4. The molecule has 60 heavy (non-hydrogen) atoms. The molecule has 300 valence electrons. The van der Waals surface area contributed by atoms with E-state index in [9.17, 15) is 14.4 Å². The van der Waals surface area contributed by atoms with Crippen LogP contribution in [0, 0.1) is 11.8 Å². The maximum absolute atomic E-state index is 14.2. The Hall–Kier alpha value is -6.75. The zero-order valence-electron chi connectivity index (χ0n) is 33.4. The second-order valence-electron chi connectivity index (χ2n) is 17.0. The summed E-state index contributed by atoms with van der Waals surface area (Å²) in [5.41, 5.74) is 9.63. The fourth-order valence-electron chi connectivity index (χ4n) is 9.98. The van der Waals surface area contributed by atoms with E-state index in [0.717, 1.165) is 87.2 Å². The van der Waals surface area contributed by atoms with Gasteiger partial charge in [0.2, 0.25) is 5.91 Å². The van der Waals surface area contributed by atoms with Gasteiger partial charge in [-0.05, 0) is 102 Å². The van der Waals surface area contributed by atoms with Gasteiger partial charge in [0, 0.05) is 12.1 Å². The van der Waals surface area contributed by atoms with Gasteiger partial charge >= 0.3 is 6.09 Å². The smallest absolute Gasteiger partial charge is 0.407 e. The number of carbonyl (C=O) groups excluding carboxylic acids is 3. The molecule has 11 rings (SSSR count). The second-order valence-corrected chi connectivity index (χ2v) is 17.0. The molecule has 4 aliphatic rings. The van der Waals surface area contributed by atoms with Crippen LogP contribution in [0.2, 0.25) is 0 Å². The Kier molecular flexibility index (Phi) is 8.61. The number of fused-ring (bicyclic) bond motifs is 4. The zero-order valence-corrected chi connectivity index (χ0v) is 33.4. The maximum atomic E-state index is 14.2. The van der Waals surface area contributed by atoms with E-state index in [2.05, 4.69) is 80.8 Å². The highest BCUT2D eigenvalue weighted by Crippen LogP contribution is 2.55. The number of imidazole rings is 2. The number of hydrogen-bond donors (Lipinski definition) is 3. The average molecular weight is 796 g/mol. The Balaban J connectivity index is 0.813. The summed E-state index contributed by atoms with van der Waals surface area (Å²) in [6.07, 6.45) is 3.16. The summed E-state index contributed by atoms with van der Waals surface area (Å²) in [6.45, 7) is 2.01. The lowest BCUT2D eigenvalue weighted by molar-refractivity contribution is -0.136. The van der Waals surface area contributed by atoms with Crippen LogP contribution < -0.4 is 5.32 Å². The molecule has 3 amide bonds. The first-order valence-electron chi connectivity index (χ1n) is 21.0. The van der Waals surface area contributed by atoms with E-state index in [1.54, 1.807) is 0 Å². The molecule has 7 aromatic rings. The molecule has 8 atom stereocenters. The van der Waals surface area contributed by atoms with Crippen LogP contribution in [0.4, 0.5) is 4.79 Å². The Morgan fingerprint density at radius 2 is 1.08 bits per heavy atom. The lowest BCUT2D eigenvalue weighted by Crippen LogP contribution is -2.44. The molecule has 5 aromatic carbocycles. The minimum absolute atomic E-state index is 0.0435. The molecule has 0 spiro atoms. The Morgan fingerprint density at radius 3 is 1.58 bits per heavy atom. The van der Waals surface area contributed by atoms with Gasteiger partial charge in [0.05, 0.1) is 47.2 Å². The van der Waals surface area contributed by atoms with Crippen molar-refractivity contribution in [2.24, 2.45) is 11.8 Å².